The minimum absolute atomic E-state index is 0.116. The SMILES string of the molecule is NCCOS(=O)(=O)C(O)(O)O. The van der Waals surface area contributed by atoms with Crippen molar-refractivity contribution >= 4 is 10.1 Å². The van der Waals surface area contributed by atoms with Crippen LogP contribution in [0, 0.1) is 0 Å². The van der Waals surface area contributed by atoms with Gasteiger partial charge in [-0.15, -0.1) is 0 Å². The molecule has 5 N–H and O–H groups in total. The molecule has 0 heterocycles. The van der Waals surface area contributed by atoms with Crippen LogP contribution in [-0.4, -0.2) is 42.2 Å². The third kappa shape index (κ3) is 3.10. The maximum absolute atomic E-state index is 10.4. The van der Waals surface area contributed by atoms with E-state index in [0.717, 1.165) is 0 Å². The lowest BCUT2D eigenvalue weighted by Crippen LogP contribution is -2.39. The second kappa shape index (κ2) is 3.43. The molecule has 0 bridgehead atoms. The Morgan fingerprint density at radius 3 is 2.09 bits per heavy atom. The summed E-state index contributed by atoms with van der Waals surface area (Å²) in [6.45, 7) is -0.541. The predicted molar refractivity (Wildman–Crippen MR) is 33.3 cm³/mol. The van der Waals surface area contributed by atoms with E-state index in [1.165, 1.54) is 0 Å². The molecule has 0 aromatic rings. The first kappa shape index (κ1) is 10.8. The molecule has 0 aliphatic carbocycles. The number of aliphatic hydroxyl groups is 3. The standard InChI is InChI=1S/C3H9NO6S/c4-1-2-10-11(8,9)3(5,6)7/h5-7H,1-2,4H2. The summed E-state index contributed by atoms with van der Waals surface area (Å²) in [5.74, 6) is 0. The van der Waals surface area contributed by atoms with Gasteiger partial charge in [0.1, 0.15) is 0 Å². The summed E-state index contributed by atoms with van der Waals surface area (Å²) in [5, 5.41) is 20.5. The van der Waals surface area contributed by atoms with Crippen molar-refractivity contribution in [2.45, 2.75) is 5.31 Å². The van der Waals surface area contributed by atoms with Gasteiger partial charge in [-0.05, 0) is 0 Å². The Kier molecular flexibility index (Phi) is 3.35. The van der Waals surface area contributed by atoms with Crippen LogP contribution in [0.15, 0.2) is 0 Å². The maximum Gasteiger partial charge on any atom is 0.411 e. The molecule has 0 aromatic carbocycles. The third-order valence-electron chi connectivity index (χ3n) is 0.692. The van der Waals surface area contributed by atoms with Crippen LogP contribution in [0.5, 0.6) is 0 Å². The van der Waals surface area contributed by atoms with E-state index in [-0.39, 0.29) is 6.54 Å². The molecule has 0 rings (SSSR count). The van der Waals surface area contributed by atoms with Crippen LogP contribution in [0.4, 0.5) is 0 Å². The minimum atomic E-state index is -4.77. The van der Waals surface area contributed by atoms with Crippen LogP contribution in [-0.2, 0) is 14.3 Å². The first-order valence-electron chi connectivity index (χ1n) is 2.57. The lowest BCUT2D eigenvalue weighted by Gasteiger charge is -2.13. The highest BCUT2D eigenvalue weighted by atomic mass is 32.2. The quantitative estimate of drug-likeness (QED) is 0.270. The van der Waals surface area contributed by atoms with Gasteiger partial charge in [0.2, 0.25) is 0 Å². The van der Waals surface area contributed by atoms with E-state index < -0.39 is 22.0 Å². The van der Waals surface area contributed by atoms with Crippen LogP contribution in [0.25, 0.3) is 0 Å². The lowest BCUT2D eigenvalue weighted by molar-refractivity contribution is -0.246. The minimum Gasteiger partial charge on any atom is -0.329 e. The molecule has 0 aromatic heterocycles. The van der Waals surface area contributed by atoms with Crippen molar-refractivity contribution < 1.29 is 27.9 Å². The van der Waals surface area contributed by atoms with Gasteiger partial charge in [-0.1, -0.05) is 0 Å². The van der Waals surface area contributed by atoms with Gasteiger partial charge in [0.15, 0.2) is 0 Å². The monoisotopic (exact) mass is 187 g/mol. The topological polar surface area (TPSA) is 130 Å². The normalized spacial score (nSPS) is 13.5. The average molecular weight is 187 g/mol. The predicted octanol–water partition coefficient (Wildman–Crippen LogP) is -3.12. The van der Waals surface area contributed by atoms with Crippen molar-refractivity contribution in [2.75, 3.05) is 13.2 Å². The van der Waals surface area contributed by atoms with Gasteiger partial charge in [-0.25, -0.2) is 0 Å². The molecule has 0 radical (unpaired) electrons. The Morgan fingerprint density at radius 2 is 1.82 bits per heavy atom. The molecule has 0 saturated carbocycles. The molecule has 0 spiro atoms. The molecule has 0 aliphatic heterocycles. The van der Waals surface area contributed by atoms with Crippen molar-refractivity contribution in [1.29, 1.82) is 0 Å². The van der Waals surface area contributed by atoms with Crippen molar-refractivity contribution in [3.8, 4) is 0 Å². The smallest absolute Gasteiger partial charge is 0.329 e. The van der Waals surface area contributed by atoms with Gasteiger partial charge in [0, 0.05) is 6.54 Å². The van der Waals surface area contributed by atoms with Gasteiger partial charge in [-0.2, -0.15) is 8.42 Å². The molecule has 0 unspecified atom stereocenters. The summed E-state index contributed by atoms with van der Waals surface area (Å²) in [5.41, 5.74) is 4.84. The van der Waals surface area contributed by atoms with Crippen molar-refractivity contribution in [1.82, 2.24) is 0 Å². The first-order chi connectivity index (χ1) is 4.81. The van der Waals surface area contributed by atoms with Crippen LogP contribution >= 0.6 is 0 Å². The van der Waals surface area contributed by atoms with E-state index in [1.807, 2.05) is 0 Å². The van der Waals surface area contributed by atoms with E-state index in [0.29, 0.717) is 0 Å². The third-order valence-corrected chi connectivity index (χ3v) is 1.84. The lowest BCUT2D eigenvalue weighted by atomic mass is 10.8. The highest BCUT2D eigenvalue weighted by Gasteiger charge is 2.38. The molecule has 8 heteroatoms. The average Bonchev–Trinajstić information content (AvgIpc) is 1.81. The molecule has 7 nitrogen and oxygen atoms in total. The largest absolute Gasteiger partial charge is 0.411 e. The highest BCUT2D eigenvalue weighted by molar-refractivity contribution is 7.87. The Hall–Kier alpha value is -0.250. The van der Waals surface area contributed by atoms with E-state index in [1.54, 1.807) is 0 Å². The van der Waals surface area contributed by atoms with Crippen molar-refractivity contribution in [3.63, 3.8) is 0 Å². The molecule has 11 heavy (non-hydrogen) atoms. The summed E-state index contributed by atoms with van der Waals surface area (Å²) in [6.07, 6.45) is 0. The molecular formula is C3H9NO6S. The van der Waals surface area contributed by atoms with Crippen LogP contribution in [0.3, 0.4) is 0 Å². The van der Waals surface area contributed by atoms with Crippen LogP contribution < -0.4 is 5.73 Å². The van der Waals surface area contributed by atoms with Gasteiger partial charge < -0.3 is 21.1 Å². The van der Waals surface area contributed by atoms with E-state index in [2.05, 4.69) is 4.18 Å². The summed E-state index contributed by atoms with van der Waals surface area (Å²) in [7, 11) is -4.77. The van der Waals surface area contributed by atoms with E-state index >= 15 is 0 Å². The Bertz CT molecular complexity index is 202. The molecule has 0 aliphatic rings. The summed E-state index contributed by atoms with van der Waals surface area (Å²) in [6, 6.07) is 0. The second-order valence-electron chi connectivity index (χ2n) is 1.64. The van der Waals surface area contributed by atoms with E-state index in [9.17, 15) is 8.42 Å². The van der Waals surface area contributed by atoms with Crippen molar-refractivity contribution in [3.05, 3.63) is 0 Å². The van der Waals surface area contributed by atoms with Crippen LogP contribution in [0.2, 0.25) is 0 Å². The first-order valence-corrected chi connectivity index (χ1v) is 3.98. The molecular weight excluding hydrogens is 178 g/mol. The summed E-state index contributed by atoms with van der Waals surface area (Å²) in [4.78, 5) is 0. The second-order valence-corrected chi connectivity index (χ2v) is 3.33. The van der Waals surface area contributed by atoms with Crippen LogP contribution in [0.1, 0.15) is 0 Å². The van der Waals surface area contributed by atoms with Gasteiger partial charge in [0.25, 0.3) is 0 Å². The number of hydrogen-bond acceptors (Lipinski definition) is 7. The fourth-order valence-electron chi connectivity index (χ4n) is 0.237. The molecule has 68 valence electrons. The number of nitrogens with two attached hydrogens (primary N) is 1. The number of rotatable bonds is 4. The molecule has 0 amide bonds. The van der Waals surface area contributed by atoms with Crippen molar-refractivity contribution in [2.24, 2.45) is 5.73 Å². The number of hydrogen-bond donors (Lipinski definition) is 4. The Morgan fingerprint density at radius 1 is 1.36 bits per heavy atom. The molecule has 0 atom stereocenters. The van der Waals surface area contributed by atoms with Gasteiger partial charge in [0.05, 0.1) is 6.61 Å². The zero-order valence-corrected chi connectivity index (χ0v) is 6.28. The summed E-state index contributed by atoms with van der Waals surface area (Å²) >= 11 is 0. The zero-order valence-electron chi connectivity index (χ0n) is 5.47. The van der Waals surface area contributed by atoms with Gasteiger partial charge in [-0.3, -0.25) is 4.18 Å². The zero-order chi connectivity index (χ0) is 9.12. The molecule has 0 fully saturated rings. The fourth-order valence-corrected chi connectivity index (χ4v) is 0.711. The maximum atomic E-state index is 10.4. The summed E-state index contributed by atoms with van der Waals surface area (Å²) < 4.78 is 24.6. The Labute approximate surface area is 63.1 Å². The highest BCUT2D eigenvalue weighted by Crippen LogP contribution is 2.07. The molecule has 0 saturated heterocycles. The fraction of sp³-hybridized carbons (Fsp3) is 1.00. The van der Waals surface area contributed by atoms with E-state index in [4.69, 9.17) is 21.1 Å². The Balaban J connectivity index is 4.26. The van der Waals surface area contributed by atoms with Gasteiger partial charge >= 0.3 is 15.4 Å².